The molecule has 2 atom stereocenters. The number of benzene rings is 1. The lowest BCUT2D eigenvalue weighted by molar-refractivity contribution is -0.114. The highest BCUT2D eigenvalue weighted by atomic mass is 32.1. The molecule has 0 spiro atoms. The molecular formula is C23H25N5O2S. The van der Waals surface area contributed by atoms with Crippen LogP contribution in [0.3, 0.4) is 0 Å². The summed E-state index contributed by atoms with van der Waals surface area (Å²) in [7, 11) is 1.58. The molecule has 3 aromatic rings. The number of thiocarbonyl (C=S) groups is 1. The van der Waals surface area contributed by atoms with Crippen LogP contribution in [0.2, 0.25) is 0 Å². The number of carbonyl (C=O) groups is 1. The third-order valence-corrected chi connectivity index (χ3v) is 5.69. The topological polar surface area (TPSA) is 71.4 Å². The number of aryl methyl sites for hydroxylation is 1. The van der Waals surface area contributed by atoms with Crippen molar-refractivity contribution in [1.29, 1.82) is 0 Å². The van der Waals surface area contributed by atoms with Crippen LogP contribution in [0.5, 0.6) is 5.75 Å². The minimum Gasteiger partial charge on any atom is -0.495 e. The second kappa shape index (κ2) is 8.77. The first-order chi connectivity index (χ1) is 15.0. The van der Waals surface area contributed by atoms with E-state index < -0.39 is 0 Å². The Labute approximate surface area is 187 Å². The Balaban J connectivity index is 1.83. The van der Waals surface area contributed by atoms with Crippen molar-refractivity contribution < 1.29 is 9.53 Å². The van der Waals surface area contributed by atoms with E-state index in [1.807, 2.05) is 42.5 Å². The van der Waals surface area contributed by atoms with Gasteiger partial charge in [0.05, 0.1) is 24.5 Å². The number of rotatable bonds is 6. The minimum absolute atomic E-state index is 0.115. The maximum Gasteiger partial charge on any atom is 0.221 e. The molecule has 160 valence electrons. The van der Waals surface area contributed by atoms with Gasteiger partial charge in [0.15, 0.2) is 5.11 Å². The van der Waals surface area contributed by atoms with E-state index in [4.69, 9.17) is 17.0 Å². The molecule has 1 amide bonds. The van der Waals surface area contributed by atoms with E-state index in [-0.39, 0.29) is 18.0 Å². The van der Waals surface area contributed by atoms with Crippen molar-refractivity contribution in [3.05, 3.63) is 72.3 Å². The summed E-state index contributed by atoms with van der Waals surface area (Å²) in [5, 5.41) is 6.91. The number of nitrogens with one attached hydrogen (secondary N) is 2. The molecule has 8 heteroatoms. The van der Waals surface area contributed by atoms with Gasteiger partial charge < -0.3 is 24.8 Å². The standard InChI is InChI=1S/C23H25N5O2S/c1-4-27-13-7-9-19(27)22-21(17-8-5-6-12-24-17)26-23(31)28(22)16-10-11-20(30-3)18(14-16)25-15(2)29/h5-14,21-22H,4H2,1-3H3,(H,25,29)(H,26,31)/t21-,22-/m1/s1. The van der Waals surface area contributed by atoms with Gasteiger partial charge >= 0.3 is 0 Å². The molecule has 1 saturated heterocycles. The highest BCUT2D eigenvalue weighted by molar-refractivity contribution is 7.80. The monoisotopic (exact) mass is 435 g/mol. The first-order valence-electron chi connectivity index (χ1n) is 10.1. The fourth-order valence-electron chi connectivity index (χ4n) is 4.05. The summed E-state index contributed by atoms with van der Waals surface area (Å²) >= 11 is 5.78. The zero-order valence-electron chi connectivity index (χ0n) is 17.7. The summed E-state index contributed by atoms with van der Waals surface area (Å²) in [6.45, 7) is 4.43. The Kier molecular flexibility index (Phi) is 5.90. The summed E-state index contributed by atoms with van der Waals surface area (Å²) in [6.07, 6.45) is 3.86. The Morgan fingerprint density at radius 2 is 2.10 bits per heavy atom. The van der Waals surface area contributed by atoms with Crippen molar-refractivity contribution >= 4 is 34.6 Å². The zero-order valence-corrected chi connectivity index (χ0v) is 18.5. The third-order valence-electron chi connectivity index (χ3n) is 5.38. The van der Waals surface area contributed by atoms with Gasteiger partial charge in [-0.05, 0) is 61.6 Å². The minimum atomic E-state index is -0.166. The van der Waals surface area contributed by atoms with Crippen LogP contribution < -0.4 is 20.3 Å². The summed E-state index contributed by atoms with van der Waals surface area (Å²) in [5.74, 6) is 0.423. The molecule has 1 aromatic carbocycles. The number of amides is 1. The number of hydrogen-bond donors (Lipinski definition) is 2. The van der Waals surface area contributed by atoms with E-state index in [1.165, 1.54) is 6.92 Å². The number of carbonyl (C=O) groups excluding carboxylic acids is 1. The first-order valence-corrected chi connectivity index (χ1v) is 10.6. The van der Waals surface area contributed by atoms with Gasteiger partial charge in [0.25, 0.3) is 0 Å². The zero-order chi connectivity index (χ0) is 22.0. The molecule has 31 heavy (non-hydrogen) atoms. The van der Waals surface area contributed by atoms with Crippen LogP contribution >= 0.6 is 12.2 Å². The van der Waals surface area contributed by atoms with Gasteiger partial charge in [0, 0.05) is 37.2 Å². The molecule has 1 fully saturated rings. The molecule has 2 N–H and O–H groups in total. The molecule has 0 bridgehead atoms. The summed E-state index contributed by atoms with van der Waals surface area (Å²) in [5.41, 5.74) is 3.50. The van der Waals surface area contributed by atoms with E-state index in [0.29, 0.717) is 16.5 Å². The highest BCUT2D eigenvalue weighted by Gasteiger charge is 2.42. The van der Waals surface area contributed by atoms with Crippen molar-refractivity contribution in [2.45, 2.75) is 32.5 Å². The van der Waals surface area contributed by atoms with Crippen molar-refractivity contribution in [3.8, 4) is 5.75 Å². The molecule has 0 radical (unpaired) electrons. The number of hydrogen-bond acceptors (Lipinski definition) is 4. The van der Waals surface area contributed by atoms with Crippen LogP contribution in [-0.2, 0) is 11.3 Å². The lowest BCUT2D eigenvalue weighted by Crippen LogP contribution is -2.30. The van der Waals surface area contributed by atoms with Crippen molar-refractivity contribution in [2.75, 3.05) is 17.3 Å². The molecular weight excluding hydrogens is 410 g/mol. The van der Waals surface area contributed by atoms with E-state index in [9.17, 15) is 4.79 Å². The number of methoxy groups -OCH3 is 1. The molecule has 1 aliphatic rings. The normalized spacial score (nSPS) is 18.0. The molecule has 0 aliphatic carbocycles. The smallest absolute Gasteiger partial charge is 0.221 e. The molecule has 3 heterocycles. The molecule has 0 saturated carbocycles. The average Bonchev–Trinajstić information content (AvgIpc) is 3.37. The van der Waals surface area contributed by atoms with E-state index in [2.05, 4.69) is 44.3 Å². The second-order valence-corrected chi connectivity index (χ2v) is 7.67. The van der Waals surface area contributed by atoms with Gasteiger partial charge in [-0.25, -0.2) is 0 Å². The lowest BCUT2D eigenvalue weighted by Gasteiger charge is -2.29. The van der Waals surface area contributed by atoms with E-state index in [0.717, 1.165) is 23.6 Å². The number of pyridine rings is 1. The average molecular weight is 436 g/mol. The van der Waals surface area contributed by atoms with E-state index >= 15 is 0 Å². The van der Waals surface area contributed by atoms with Crippen molar-refractivity contribution in [2.24, 2.45) is 0 Å². The summed E-state index contributed by atoms with van der Waals surface area (Å²) in [4.78, 5) is 18.4. The number of nitrogens with zero attached hydrogens (tertiary/aromatic N) is 3. The number of aromatic nitrogens is 2. The van der Waals surface area contributed by atoms with Gasteiger partial charge in [-0.1, -0.05) is 6.07 Å². The first kappa shape index (κ1) is 20.9. The van der Waals surface area contributed by atoms with Gasteiger partial charge in [-0.2, -0.15) is 0 Å². The van der Waals surface area contributed by atoms with Gasteiger partial charge in [0.2, 0.25) is 5.91 Å². The molecule has 1 aliphatic heterocycles. The van der Waals surface area contributed by atoms with Crippen LogP contribution in [0, 0.1) is 0 Å². The van der Waals surface area contributed by atoms with Crippen LogP contribution in [0.25, 0.3) is 0 Å². The Morgan fingerprint density at radius 3 is 2.77 bits per heavy atom. The maximum atomic E-state index is 11.7. The van der Waals surface area contributed by atoms with Crippen LogP contribution in [-0.4, -0.2) is 27.7 Å². The third kappa shape index (κ3) is 3.98. The van der Waals surface area contributed by atoms with E-state index in [1.54, 1.807) is 13.3 Å². The van der Waals surface area contributed by atoms with Gasteiger partial charge in [-0.3, -0.25) is 9.78 Å². The number of anilines is 2. The summed E-state index contributed by atoms with van der Waals surface area (Å²) in [6, 6.07) is 15.5. The maximum absolute atomic E-state index is 11.7. The van der Waals surface area contributed by atoms with Crippen molar-refractivity contribution in [3.63, 3.8) is 0 Å². The molecule has 7 nitrogen and oxygen atoms in total. The quantitative estimate of drug-likeness (QED) is 0.570. The Hall–Kier alpha value is -3.39. The Bertz CT molecular complexity index is 1100. The second-order valence-electron chi connectivity index (χ2n) is 7.28. The molecule has 2 aromatic heterocycles. The summed E-state index contributed by atoms with van der Waals surface area (Å²) < 4.78 is 7.63. The van der Waals surface area contributed by atoms with Gasteiger partial charge in [-0.15, -0.1) is 0 Å². The van der Waals surface area contributed by atoms with Crippen LogP contribution in [0.1, 0.15) is 37.3 Å². The fourth-order valence-corrected chi connectivity index (χ4v) is 4.40. The van der Waals surface area contributed by atoms with Crippen molar-refractivity contribution in [1.82, 2.24) is 14.9 Å². The van der Waals surface area contributed by atoms with Crippen LogP contribution in [0.4, 0.5) is 11.4 Å². The largest absolute Gasteiger partial charge is 0.495 e. The predicted molar refractivity (Wildman–Crippen MR) is 125 cm³/mol. The Morgan fingerprint density at radius 1 is 1.26 bits per heavy atom. The fraction of sp³-hybridized carbons (Fsp3) is 0.261. The predicted octanol–water partition coefficient (Wildman–Crippen LogP) is 4.05. The molecule has 0 unspecified atom stereocenters. The molecule has 4 rings (SSSR count). The van der Waals surface area contributed by atoms with Crippen LogP contribution in [0.15, 0.2) is 60.9 Å². The number of ether oxygens (including phenoxy) is 1. The van der Waals surface area contributed by atoms with Gasteiger partial charge in [0.1, 0.15) is 11.8 Å². The highest BCUT2D eigenvalue weighted by Crippen LogP contribution is 2.43. The SMILES string of the molecule is CCn1cccc1[C@@H]1[C@@H](c2ccccn2)NC(=S)N1c1ccc(OC)c(NC(C)=O)c1. The lowest BCUT2D eigenvalue weighted by atomic mass is 10.0.